The summed E-state index contributed by atoms with van der Waals surface area (Å²) >= 11 is 0. The molecule has 30 heavy (non-hydrogen) atoms. The van der Waals surface area contributed by atoms with Crippen LogP contribution in [0.25, 0.3) is 33.3 Å². The van der Waals surface area contributed by atoms with Crippen LogP contribution in [0.4, 0.5) is 4.39 Å². The zero-order chi connectivity index (χ0) is 21.3. The summed E-state index contributed by atoms with van der Waals surface area (Å²) in [4.78, 5) is 7.31. The van der Waals surface area contributed by atoms with Crippen molar-refractivity contribution in [2.75, 3.05) is 6.61 Å². The highest BCUT2D eigenvalue weighted by Crippen LogP contribution is 2.32. The Labute approximate surface area is 173 Å². The summed E-state index contributed by atoms with van der Waals surface area (Å²) in [6, 6.07) is 14.1. The van der Waals surface area contributed by atoms with Gasteiger partial charge in [0.2, 0.25) is 10.0 Å². The van der Waals surface area contributed by atoms with E-state index in [1.807, 2.05) is 12.1 Å². The van der Waals surface area contributed by atoms with Crippen molar-refractivity contribution < 1.29 is 17.9 Å². The number of rotatable bonds is 6. The van der Waals surface area contributed by atoms with Crippen LogP contribution in [0.15, 0.2) is 71.9 Å². The molecule has 3 N–H and O–H groups in total. The lowest BCUT2D eigenvalue weighted by atomic mass is 10.00. The normalized spacial score (nSPS) is 12.9. The first kappa shape index (κ1) is 20.2. The van der Waals surface area contributed by atoms with E-state index in [1.165, 1.54) is 12.1 Å². The molecule has 6 nitrogen and oxygen atoms in total. The van der Waals surface area contributed by atoms with Gasteiger partial charge in [-0.25, -0.2) is 22.5 Å². The summed E-state index contributed by atoms with van der Waals surface area (Å²) in [5, 5.41) is 10.0. The van der Waals surface area contributed by atoms with Crippen LogP contribution in [-0.4, -0.2) is 36.1 Å². The van der Waals surface area contributed by atoms with E-state index in [4.69, 9.17) is 0 Å². The summed E-state index contributed by atoms with van der Waals surface area (Å²) < 4.78 is 42.9. The topological polar surface area (TPSA) is 95.1 Å². The van der Waals surface area contributed by atoms with Gasteiger partial charge in [0.05, 0.1) is 11.5 Å². The third-order valence-electron chi connectivity index (χ3n) is 4.80. The third-order valence-corrected chi connectivity index (χ3v) is 6.45. The highest BCUT2D eigenvalue weighted by Gasteiger charge is 2.21. The smallest absolute Gasteiger partial charge is 0.241 e. The molecule has 0 aliphatic rings. The van der Waals surface area contributed by atoms with Crippen LogP contribution in [0, 0.1) is 5.82 Å². The van der Waals surface area contributed by atoms with E-state index in [2.05, 4.69) is 14.7 Å². The van der Waals surface area contributed by atoms with Crippen LogP contribution >= 0.6 is 0 Å². The van der Waals surface area contributed by atoms with Crippen molar-refractivity contribution in [2.45, 2.75) is 17.9 Å². The number of nitrogens with zero attached hydrogens (tertiary/aromatic N) is 1. The Kier molecular flexibility index (Phi) is 5.38. The monoisotopic (exact) mass is 425 g/mol. The number of aromatic amines is 1. The third kappa shape index (κ3) is 3.85. The molecule has 0 saturated heterocycles. The van der Waals surface area contributed by atoms with Gasteiger partial charge in [-0.2, -0.15) is 0 Å². The van der Waals surface area contributed by atoms with E-state index in [9.17, 15) is 13.5 Å². The molecule has 4 aromatic rings. The zero-order valence-corrected chi connectivity index (χ0v) is 16.9. The Morgan fingerprint density at radius 3 is 2.67 bits per heavy atom. The maximum atomic E-state index is 15.0. The first-order chi connectivity index (χ1) is 14.4. The standard InChI is InChI=1S/C22H20FN3O3S/c1-14(13-27)26-30(28,29)21-5-3-2-4-19(21)15-6-7-18(20(23)11-15)17-10-16-8-9-24-22(16)25-12-17/h2-12,14,26-27H,13H2,1H3,(H,24,25). The Morgan fingerprint density at radius 2 is 1.90 bits per heavy atom. The fraction of sp³-hybridized carbons (Fsp3) is 0.136. The van der Waals surface area contributed by atoms with E-state index < -0.39 is 21.9 Å². The molecule has 0 fully saturated rings. The molecule has 154 valence electrons. The van der Waals surface area contributed by atoms with Gasteiger partial charge in [-0.15, -0.1) is 0 Å². The summed E-state index contributed by atoms with van der Waals surface area (Å²) in [5.74, 6) is -0.479. The molecule has 1 atom stereocenters. The number of sulfonamides is 1. The van der Waals surface area contributed by atoms with Crippen molar-refractivity contribution in [3.63, 3.8) is 0 Å². The summed E-state index contributed by atoms with van der Waals surface area (Å²) in [7, 11) is -3.89. The minimum atomic E-state index is -3.89. The molecule has 8 heteroatoms. The zero-order valence-electron chi connectivity index (χ0n) is 16.1. The summed E-state index contributed by atoms with van der Waals surface area (Å²) in [6.07, 6.45) is 3.36. The van der Waals surface area contributed by atoms with Crippen LogP contribution in [0.3, 0.4) is 0 Å². The van der Waals surface area contributed by atoms with E-state index in [-0.39, 0.29) is 11.5 Å². The average molecular weight is 425 g/mol. The highest BCUT2D eigenvalue weighted by molar-refractivity contribution is 7.89. The van der Waals surface area contributed by atoms with Crippen molar-refractivity contribution in [3.8, 4) is 22.3 Å². The predicted molar refractivity (Wildman–Crippen MR) is 114 cm³/mol. The van der Waals surface area contributed by atoms with Gasteiger partial charge in [-0.3, -0.25) is 0 Å². The molecule has 2 heterocycles. The summed E-state index contributed by atoms with van der Waals surface area (Å²) in [5.41, 5.74) is 2.54. The van der Waals surface area contributed by atoms with Gasteiger partial charge in [0, 0.05) is 40.5 Å². The minimum Gasteiger partial charge on any atom is -0.395 e. The number of benzene rings is 2. The van der Waals surface area contributed by atoms with Crippen molar-refractivity contribution in [1.82, 2.24) is 14.7 Å². The number of hydrogen-bond acceptors (Lipinski definition) is 4. The van der Waals surface area contributed by atoms with Gasteiger partial charge in [-0.1, -0.05) is 30.3 Å². The maximum absolute atomic E-state index is 15.0. The number of fused-ring (bicyclic) bond motifs is 1. The van der Waals surface area contributed by atoms with Crippen molar-refractivity contribution >= 4 is 21.1 Å². The molecule has 0 radical (unpaired) electrons. The minimum absolute atomic E-state index is 0.0212. The fourth-order valence-corrected chi connectivity index (χ4v) is 4.77. The highest BCUT2D eigenvalue weighted by atomic mass is 32.2. The molecule has 2 aromatic carbocycles. The molecule has 0 aliphatic carbocycles. The molecule has 0 amide bonds. The largest absolute Gasteiger partial charge is 0.395 e. The molecule has 1 unspecified atom stereocenters. The molecular formula is C22H20FN3O3S. The van der Waals surface area contributed by atoms with Gasteiger partial charge in [0.15, 0.2) is 0 Å². The van der Waals surface area contributed by atoms with Crippen molar-refractivity contribution in [2.24, 2.45) is 0 Å². The number of H-pyrrole nitrogens is 1. The number of aromatic nitrogens is 2. The molecule has 0 aliphatic heterocycles. The van der Waals surface area contributed by atoms with Crippen molar-refractivity contribution in [3.05, 3.63) is 72.8 Å². The van der Waals surface area contributed by atoms with Gasteiger partial charge in [0.1, 0.15) is 11.5 Å². The number of aliphatic hydroxyl groups excluding tert-OH is 1. The van der Waals surface area contributed by atoms with Crippen LogP contribution in [-0.2, 0) is 10.0 Å². The molecular weight excluding hydrogens is 405 g/mol. The SMILES string of the molecule is CC(CO)NS(=O)(=O)c1ccccc1-c1ccc(-c2cnc3[nH]ccc3c2)c(F)c1. The number of nitrogens with one attached hydrogen (secondary N) is 2. The van der Waals surface area contributed by atoms with E-state index in [0.29, 0.717) is 22.3 Å². The lowest BCUT2D eigenvalue weighted by Crippen LogP contribution is -2.35. The average Bonchev–Trinajstić information content (AvgIpc) is 3.21. The number of aliphatic hydroxyl groups is 1. The quantitative estimate of drug-likeness (QED) is 0.439. The Hall–Kier alpha value is -3.07. The number of pyridine rings is 1. The van der Waals surface area contributed by atoms with Crippen LogP contribution in [0.5, 0.6) is 0 Å². The Morgan fingerprint density at radius 1 is 1.10 bits per heavy atom. The first-order valence-electron chi connectivity index (χ1n) is 9.34. The van der Waals surface area contributed by atoms with Gasteiger partial charge < -0.3 is 10.1 Å². The maximum Gasteiger partial charge on any atom is 0.241 e. The predicted octanol–water partition coefficient (Wildman–Crippen LogP) is 3.70. The molecule has 4 rings (SSSR count). The van der Waals surface area contributed by atoms with E-state index in [0.717, 1.165) is 11.0 Å². The lowest BCUT2D eigenvalue weighted by molar-refractivity contribution is 0.265. The lowest BCUT2D eigenvalue weighted by Gasteiger charge is -2.15. The van der Waals surface area contributed by atoms with Gasteiger partial charge in [0.25, 0.3) is 0 Å². The Bertz CT molecular complexity index is 1320. The fourth-order valence-electron chi connectivity index (χ4n) is 3.31. The van der Waals surface area contributed by atoms with Crippen LogP contribution in [0.1, 0.15) is 6.92 Å². The number of halogens is 1. The van der Waals surface area contributed by atoms with Crippen LogP contribution in [0.2, 0.25) is 0 Å². The molecule has 0 spiro atoms. The summed E-state index contributed by atoms with van der Waals surface area (Å²) in [6.45, 7) is 1.23. The molecule has 0 saturated carbocycles. The van der Waals surface area contributed by atoms with Gasteiger partial charge in [-0.05, 0) is 36.8 Å². The second-order valence-corrected chi connectivity index (χ2v) is 8.72. The second kappa shape index (κ2) is 7.98. The number of hydrogen-bond donors (Lipinski definition) is 3. The molecule has 2 aromatic heterocycles. The second-order valence-electron chi connectivity index (χ2n) is 7.04. The van der Waals surface area contributed by atoms with E-state index >= 15 is 4.39 Å². The molecule has 0 bridgehead atoms. The first-order valence-corrected chi connectivity index (χ1v) is 10.8. The van der Waals surface area contributed by atoms with Crippen LogP contribution < -0.4 is 4.72 Å². The Balaban J connectivity index is 1.75. The van der Waals surface area contributed by atoms with Crippen molar-refractivity contribution in [1.29, 1.82) is 0 Å². The van der Waals surface area contributed by atoms with Gasteiger partial charge >= 0.3 is 0 Å². The van der Waals surface area contributed by atoms with E-state index in [1.54, 1.807) is 49.6 Å².